The minimum atomic E-state index is -1.15. The third-order valence-corrected chi connectivity index (χ3v) is 6.43. The van der Waals surface area contributed by atoms with Crippen LogP contribution in [0.3, 0.4) is 0 Å². The van der Waals surface area contributed by atoms with Crippen molar-refractivity contribution in [2.45, 2.75) is 32.7 Å². The van der Waals surface area contributed by atoms with Crippen LogP contribution in [-0.2, 0) is 31.0 Å². The summed E-state index contributed by atoms with van der Waals surface area (Å²) in [5, 5.41) is 2.51. The van der Waals surface area contributed by atoms with Crippen LogP contribution in [0.1, 0.15) is 25.5 Å². The van der Waals surface area contributed by atoms with Gasteiger partial charge in [-0.25, -0.2) is 9.48 Å². The van der Waals surface area contributed by atoms with Crippen LogP contribution in [0.4, 0.5) is 5.69 Å². The van der Waals surface area contributed by atoms with Crippen molar-refractivity contribution in [1.29, 1.82) is 0 Å². The number of fused-ring (bicyclic) bond motifs is 1. The zero-order valence-electron chi connectivity index (χ0n) is 19.2. The van der Waals surface area contributed by atoms with Crippen molar-refractivity contribution in [3.63, 3.8) is 0 Å². The lowest BCUT2D eigenvalue weighted by Crippen LogP contribution is -2.45. The van der Waals surface area contributed by atoms with E-state index in [2.05, 4.69) is 5.32 Å². The van der Waals surface area contributed by atoms with Crippen molar-refractivity contribution in [2.24, 2.45) is 18.9 Å². The van der Waals surface area contributed by atoms with Crippen LogP contribution in [0.5, 0.6) is 0 Å². The number of nitrogens with one attached hydrogen (secondary N) is 1. The largest absolute Gasteiger partial charge is 0.454 e. The SMILES string of the molecule is Cc1c(NC(=O)COC(=O)C(C)N2C(=O)C3CC=CCC3C2=O)c(=O)n(-c2ccccc2)n1C. The highest BCUT2D eigenvalue weighted by Gasteiger charge is 2.50. The third-order valence-electron chi connectivity index (χ3n) is 6.43. The summed E-state index contributed by atoms with van der Waals surface area (Å²) < 4.78 is 8.10. The van der Waals surface area contributed by atoms with Gasteiger partial charge in [0.2, 0.25) is 11.8 Å². The van der Waals surface area contributed by atoms with E-state index in [1.54, 1.807) is 42.9 Å². The molecule has 0 saturated carbocycles. The first kappa shape index (κ1) is 23.2. The van der Waals surface area contributed by atoms with Crippen LogP contribution >= 0.6 is 0 Å². The molecule has 0 spiro atoms. The molecule has 3 atom stereocenters. The van der Waals surface area contributed by atoms with Crippen LogP contribution < -0.4 is 10.9 Å². The number of hydrogen-bond acceptors (Lipinski definition) is 6. The number of para-hydroxylation sites is 1. The Kier molecular flexibility index (Phi) is 6.23. The Balaban J connectivity index is 1.40. The van der Waals surface area contributed by atoms with Gasteiger partial charge in [0.15, 0.2) is 6.61 Å². The van der Waals surface area contributed by atoms with Crippen molar-refractivity contribution in [3.05, 3.63) is 58.5 Å². The van der Waals surface area contributed by atoms with E-state index in [0.717, 1.165) is 4.90 Å². The molecule has 34 heavy (non-hydrogen) atoms. The highest BCUT2D eigenvalue weighted by atomic mass is 16.5. The first-order valence-electron chi connectivity index (χ1n) is 11.0. The molecule has 2 aliphatic rings. The number of likely N-dealkylation sites (tertiary alicyclic amines) is 1. The molecular weight excluding hydrogens is 440 g/mol. The number of rotatable bonds is 6. The van der Waals surface area contributed by atoms with Crippen molar-refractivity contribution >= 4 is 29.4 Å². The summed E-state index contributed by atoms with van der Waals surface area (Å²) in [6, 6.07) is 7.81. The topological polar surface area (TPSA) is 120 Å². The van der Waals surface area contributed by atoms with Crippen LogP contribution in [-0.4, -0.2) is 50.6 Å². The van der Waals surface area contributed by atoms with Gasteiger partial charge in [0.05, 0.1) is 23.2 Å². The number of nitrogens with zero attached hydrogens (tertiary/aromatic N) is 3. The Morgan fingerprint density at radius 3 is 2.24 bits per heavy atom. The molecule has 1 fully saturated rings. The zero-order valence-corrected chi connectivity index (χ0v) is 19.2. The van der Waals surface area contributed by atoms with Gasteiger partial charge in [0.1, 0.15) is 11.7 Å². The number of anilines is 1. The molecule has 4 rings (SSSR count). The van der Waals surface area contributed by atoms with E-state index in [1.165, 1.54) is 11.6 Å². The summed E-state index contributed by atoms with van der Waals surface area (Å²) in [6.07, 6.45) is 4.65. The fourth-order valence-corrected chi connectivity index (χ4v) is 4.46. The van der Waals surface area contributed by atoms with Gasteiger partial charge in [0.25, 0.3) is 11.5 Å². The predicted octanol–water partition coefficient (Wildman–Crippen LogP) is 1.31. The van der Waals surface area contributed by atoms with E-state index in [1.807, 2.05) is 18.2 Å². The number of carbonyl (C=O) groups is 4. The molecule has 2 heterocycles. The Morgan fingerprint density at radius 1 is 1.06 bits per heavy atom. The number of ether oxygens (including phenoxy) is 1. The molecule has 3 amide bonds. The minimum absolute atomic E-state index is 0.0712. The standard InChI is InChI=1S/C24H26N4O6/c1-14-20(23(32)28(26(14)3)16-9-5-4-6-10-16)25-19(29)13-34-24(33)15(2)27-21(30)17-11-7-8-12-18(17)22(27)31/h4-10,15,17-18H,11-13H2,1-3H3,(H,25,29). The molecule has 2 aromatic rings. The number of aromatic nitrogens is 2. The third kappa shape index (κ3) is 3.95. The summed E-state index contributed by atoms with van der Waals surface area (Å²) in [6.45, 7) is 2.43. The van der Waals surface area contributed by atoms with Crippen molar-refractivity contribution < 1.29 is 23.9 Å². The lowest BCUT2D eigenvalue weighted by molar-refractivity contribution is -0.159. The monoisotopic (exact) mass is 466 g/mol. The second-order valence-electron chi connectivity index (χ2n) is 8.47. The number of imide groups is 1. The van der Waals surface area contributed by atoms with Crippen molar-refractivity contribution in [3.8, 4) is 5.69 Å². The molecule has 0 radical (unpaired) electrons. The normalized spacial score (nSPS) is 20.3. The van der Waals surface area contributed by atoms with E-state index >= 15 is 0 Å². The van der Waals surface area contributed by atoms with E-state index in [0.29, 0.717) is 24.2 Å². The maximum atomic E-state index is 12.9. The van der Waals surface area contributed by atoms with E-state index in [-0.39, 0.29) is 5.69 Å². The second-order valence-corrected chi connectivity index (χ2v) is 8.47. The Hall–Kier alpha value is -3.95. The average molecular weight is 466 g/mol. The fourth-order valence-electron chi connectivity index (χ4n) is 4.46. The van der Waals surface area contributed by atoms with Crippen molar-refractivity contribution in [2.75, 3.05) is 11.9 Å². The quantitative estimate of drug-likeness (QED) is 0.389. The first-order chi connectivity index (χ1) is 16.2. The molecule has 1 aromatic heterocycles. The average Bonchev–Trinajstić information content (AvgIpc) is 3.22. The maximum Gasteiger partial charge on any atom is 0.329 e. The van der Waals surface area contributed by atoms with Crippen LogP contribution in [0.15, 0.2) is 47.3 Å². The summed E-state index contributed by atoms with van der Waals surface area (Å²) in [4.78, 5) is 64.1. The molecule has 1 aromatic carbocycles. The molecule has 10 heteroatoms. The second kappa shape index (κ2) is 9.12. The summed E-state index contributed by atoms with van der Waals surface area (Å²) in [5.74, 6) is -3.27. The van der Waals surface area contributed by atoms with Gasteiger partial charge in [-0.05, 0) is 38.8 Å². The number of hydrogen-bond donors (Lipinski definition) is 1. The molecule has 10 nitrogen and oxygen atoms in total. The van der Waals surface area contributed by atoms with Crippen molar-refractivity contribution in [1.82, 2.24) is 14.3 Å². The van der Waals surface area contributed by atoms with Gasteiger partial charge in [-0.3, -0.25) is 28.8 Å². The first-order valence-corrected chi connectivity index (χ1v) is 11.0. The molecule has 1 aliphatic carbocycles. The lowest BCUT2D eigenvalue weighted by Gasteiger charge is -2.21. The number of carbonyl (C=O) groups excluding carboxylic acids is 4. The van der Waals surface area contributed by atoms with Gasteiger partial charge >= 0.3 is 5.97 Å². The molecule has 3 unspecified atom stereocenters. The van der Waals surface area contributed by atoms with Gasteiger partial charge in [-0.15, -0.1) is 0 Å². The number of esters is 1. The smallest absolute Gasteiger partial charge is 0.329 e. The maximum absolute atomic E-state index is 12.9. The summed E-state index contributed by atoms with van der Waals surface area (Å²) >= 11 is 0. The highest BCUT2D eigenvalue weighted by molar-refractivity contribution is 6.08. The predicted molar refractivity (Wildman–Crippen MR) is 122 cm³/mol. The Morgan fingerprint density at radius 2 is 1.65 bits per heavy atom. The number of allylic oxidation sites excluding steroid dienone is 2. The van der Waals surface area contributed by atoms with Crippen LogP contribution in [0.2, 0.25) is 0 Å². The van der Waals surface area contributed by atoms with Gasteiger partial charge in [-0.2, -0.15) is 0 Å². The molecule has 178 valence electrons. The molecular formula is C24H26N4O6. The highest BCUT2D eigenvalue weighted by Crippen LogP contribution is 2.36. The van der Waals surface area contributed by atoms with E-state index < -0.39 is 53.7 Å². The Bertz CT molecular complexity index is 1220. The molecule has 1 aliphatic heterocycles. The van der Waals surface area contributed by atoms with Gasteiger partial charge < -0.3 is 10.1 Å². The zero-order chi connectivity index (χ0) is 24.6. The molecule has 1 N–H and O–H groups in total. The van der Waals surface area contributed by atoms with Crippen LogP contribution in [0.25, 0.3) is 5.69 Å². The number of benzene rings is 1. The molecule has 1 saturated heterocycles. The van der Waals surface area contributed by atoms with E-state index in [9.17, 15) is 24.0 Å². The van der Waals surface area contributed by atoms with Gasteiger partial charge in [0, 0.05) is 7.05 Å². The summed E-state index contributed by atoms with van der Waals surface area (Å²) in [5.41, 5.74) is 0.798. The number of amides is 3. The minimum Gasteiger partial charge on any atom is -0.454 e. The lowest BCUT2D eigenvalue weighted by atomic mass is 9.85. The van der Waals surface area contributed by atoms with Crippen LogP contribution in [0, 0.1) is 18.8 Å². The molecule has 0 bridgehead atoms. The van der Waals surface area contributed by atoms with E-state index in [4.69, 9.17) is 4.74 Å². The fraction of sp³-hybridized carbons (Fsp3) is 0.375. The summed E-state index contributed by atoms with van der Waals surface area (Å²) in [7, 11) is 1.69. The van der Waals surface area contributed by atoms with Gasteiger partial charge in [-0.1, -0.05) is 30.4 Å². The Labute approximate surface area is 195 Å².